The molecule has 44 heavy (non-hydrogen) atoms. The van der Waals surface area contributed by atoms with E-state index in [0.717, 1.165) is 16.7 Å². The SMILES string of the molecule is CCOC(=O)[C@H](CO)NCc1cc(Cl)c(O[C@H]2CCc3c(-c4ccccc4F)cccc32)cc1OCc1cncc(C#N)c1. The van der Waals surface area contributed by atoms with Crippen molar-refractivity contribution in [1.29, 1.82) is 5.26 Å². The lowest BCUT2D eigenvalue weighted by molar-refractivity contribution is -0.146. The third-order valence-electron chi connectivity index (χ3n) is 7.37. The van der Waals surface area contributed by atoms with Crippen LogP contribution in [-0.2, 0) is 29.1 Å². The molecule has 0 saturated carbocycles. The van der Waals surface area contributed by atoms with Gasteiger partial charge < -0.3 is 19.3 Å². The predicted octanol–water partition coefficient (Wildman–Crippen LogP) is 6.07. The number of rotatable bonds is 12. The minimum absolute atomic E-state index is 0.107. The van der Waals surface area contributed by atoms with E-state index in [-0.39, 0.29) is 31.7 Å². The standard InChI is InChI=1S/C34H31ClFN3O5/c1-2-42-34(41)30(19-40)39-18-23-13-28(35)33(14-32(23)43-20-22-12-21(15-37)16-38-17-22)44-31-11-10-25-24(7-5-8-27(25)31)26-6-3-4-9-29(26)36/h3-9,12-14,16-17,30-31,39-40H,2,10-11,18-20H2,1H3/t30-,31-/m0/s1. The lowest BCUT2D eigenvalue weighted by Crippen LogP contribution is -2.40. The van der Waals surface area contributed by atoms with Crippen molar-refractivity contribution in [2.75, 3.05) is 13.2 Å². The largest absolute Gasteiger partial charge is 0.488 e. The number of hydrogen-bond donors (Lipinski definition) is 2. The second kappa shape index (κ2) is 14.3. The van der Waals surface area contributed by atoms with Gasteiger partial charge in [-0.1, -0.05) is 48.0 Å². The Morgan fingerprint density at radius 3 is 2.75 bits per heavy atom. The van der Waals surface area contributed by atoms with Crippen LogP contribution < -0.4 is 14.8 Å². The van der Waals surface area contributed by atoms with Gasteiger partial charge in [0.05, 0.1) is 23.8 Å². The molecule has 0 aliphatic heterocycles. The van der Waals surface area contributed by atoms with Gasteiger partial charge in [-0.15, -0.1) is 0 Å². The first-order valence-electron chi connectivity index (χ1n) is 14.2. The number of halogens is 2. The fourth-order valence-electron chi connectivity index (χ4n) is 5.25. The molecule has 4 aromatic rings. The molecule has 1 aromatic heterocycles. The molecule has 0 bridgehead atoms. The topological polar surface area (TPSA) is 114 Å². The van der Waals surface area contributed by atoms with Crippen LogP contribution in [-0.4, -0.2) is 35.3 Å². The van der Waals surface area contributed by atoms with Crippen LogP contribution in [0.2, 0.25) is 5.02 Å². The van der Waals surface area contributed by atoms with Gasteiger partial charge in [0.2, 0.25) is 0 Å². The Bertz CT molecular complexity index is 1690. The Balaban J connectivity index is 1.42. The third kappa shape index (κ3) is 7.00. The fourth-order valence-corrected chi connectivity index (χ4v) is 5.48. The minimum Gasteiger partial charge on any atom is -0.488 e. The van der Waals surface area contributed by atoms with Crippen molar-refractivity contribution in [2.45, 2.75) is 45.1 Å². The van der Waals surface area contributed by atoms with Crippen LogP contribution in [0.5, 0.6) is 11.5 Å². The van der Waals surface area contributed by atoms with Crippen molar-refractivity contribution in [1.82, 2.24) is 10.3 Å². The number of aliphatic hydroxyl groups is 1. The fraction of sp³-hybridized carbons (Fsp3) is 0.265. The van der Waals surface area contributed by atoms with Crippen molar-refractivity contribution in [3.63, 3.8) is 0 Å². The number of esters is 1. The van der Waals surface area contributed by atoms with Crippen LogP contribution in [0.15, 0.2) is 73.1 Å². The van der Waals surface area contributed by atoms with Crippen molar-refractivity contribution in [2.24, 2.45) is 0 Å². The second-order valence-electron chi connectivity index (χ2n) is 10.2. The van der Waals surface area contributed by atoms with E-state index in [9.17, 15) is 19.6 Å². The molecular formula is C34H31ClFN3O5. The highest BCUT2D eigenvalue weighted by Crippen LogP contribution is 2.43. The zero-order valence-electron chi connectivity index (χ0n) is 24.1. The molecule has 0 saturated heterocycles. The van der Waals surface area contributed by atoms with E-state index in [1.165, 1.54) is 12.3 Å². The Morgan fingerprint density at radius 1 is 1.16 bits per heavy atom. The Hall–Kier alpha value is -4.49. The van der Waals surface area contributed by atoms with Gasteiger partial charge in [-0.25, -0.2) is 4.39 Å². The zero-order valence-corrected chi connectivity index (χ0v) is 24.8. The van der Waals surface area contributed by atoms with E-state index in [4.69, 9.17) is 25.8 Å². The van der Waals surface area contributed by atoms with Crippen molar-refractivity contribution < 1.29 is 28.5 Å². The molecule has 8 nitrogen and oxygen atoms in total. The van der Waals surface area contributed by atoms with Crippen LogP contribution in [0.3, 0.4) is 0 Å². The van der Waals surface area contributed by atoms with Gasteiger partial charge in [-0.05, 0) is 54.7 Å². The quantitative estimate of drug-likeness (QED) is 0.185. The monoisotopic (exact) mass is 615 g/mol. The van der Waals surface area contributed by atoms with Gasteiger partial charge in [0.25, 0.3) is 0 Å². The molecule has 1 aliphatic carbocycles. The normalized spacial score (nSPS) is 14.4. The van der Waals surface area contributed by atoms with Crippen LogP contribution in [0.25, 0.3) is 11.1 Å². The van der Waals surface area contributed by atoms with Crippen molar-refractivity contribution in [3.05, 3.63) is 112 Å². The lowest BCUT2D eigenvalue weighted by atomic mass is 9.96. The molecular weight excluding hydrogens is 585 g/mol. The third-order valence-corrected chi connectivity index (χ3v) is 7.67. The highest BCUT2D eigenvalue weighted by Gasteiger charge is 2.28. The molecule has 2 atom stereocenters. The summed E-state index contributed by atoms with van der Waals surface area (Å²) in [4.78, 5) is 16.3. The molecule has 0 fully saturated rings. The number of benzene rings is 3. The number of nitrogens with zero attached hydrogens (tertiary/aromatic N) is 2. The van der Waals surface area contributed by atoms with E-state index < -0.39 is 18.6 Å². The number of carbonyl (C=O) groups excluding carboxylic acids is 1. The highest BCUT2D eigenvalue weighted by molar-refractivity contribution is 6.32. The number of ether oxygens (including phenoxy) is 3. The van der Waals surface area contributed by atoms with E-state index in [0.29, 0.717) is 51.6 Å². The van der Waals surface area contributed by atoms with Gasteiger partial charge in [-0.2, -0.15) is 5.26 Å². The average Bonchev–Trinajstić information content (AvgIpc) is 3.45. The number of pyridine rings is 1. The Morgan fingerprint density at radius 2 is 1.98 bits per heavy atom. The first kappa shape index (κ1) is 31.0. The van der Waals surface area contributed by atoms with Gasteiger partial charge >= 0.3 is 5.97 Å². The van der Waals surface area contributed by atoms with E-state index >= 15 is 0 Å². The summed E-state index contributed by atoms with van der Waals surface area (Å²) in [5.41, 5.74) is 5.10. The van der Waals surface area contributed by atoms with Crippen molar-refractivity contribution in [3.8, 4) is 28.7 Å². The predicted molar refractivity (Wildman–Crippen MR) is 163 cm³/mol. The summed E-state index contributed by atoms with van der Waals surface area (Å²) in [6.07, 6.45) is 4.16. The molecule has 226 valence electrons. The molecule has 3 aromatic carbocycles. The molecule has 5 rings (SSSR count). The summed E-state index contributed by atoms with van der Waals surface area (Å²) < 4.78 is 32.3. The van der Waals surface area contributed by atoms with E-state index in [1.807, 2.05) is 24.3 Å². The number of aromatic nitrogens is 1. The van der Waals surface area contributed by atoms with E-state index in [2.05, 4.69) is 16.4 Å². The molecule has 0 amide bonds. The first-order chi connectivity index (χ1) is 21.4. The number of hydrogen-bond acceptors (Lipinski definition) is 8. The van der Waals surface area contributed by atoms with Gasteiger partial charge in [0.1, 0.15) is 42.1 Å². The number of nitrogens with one attached hydrogen (secondary N) is 1. The summed E-state index contributed by atoms with van der Waals surface area (Å²) in [7, 11) is 0. The lowest BCUT2D eigenvalue weighted by Gasteiger charge is -2.21. The molecule has 10 heteroatoms. The summed E-state index contributed by atoms with van der Waals surface area (Å²) in [5, 5.41) is 22.3. The Kier molecular flexibility index (Phi) is 10.1. The number of nitriles is 1. The van der Waals surface area contributed by atoms with Gasteiger partial charge in [0.15, 0.2) is 0 Å². The first-order valence-corrected chi connectivity index (χ1v) is 14.6. The number of aliphatic hydroxyl groups excluding tert-OH is 1. The average molecular weight is 616 g/mol. The second-order valence-corrected chi connectivity index (χ2v) is 10.6. The summed E-state index contributed by atoms with van der Waals surface area (Å²) in [5.74, 6) is -0.0236. The molecule has 1 heterocycles. The molecule has 0 unspecified atom stereocenters. The van der Waals surface area contributed by atoms with Crippen LogP contribution >= 0.6 is 11.6 Å². The van der Waals surface area contributed by atoms with Gasteiger partial charge in [-0.3, -0.25) is 15.1 Å². The molecule has 0 radical (unpaired) electrons. The maximum absolute atomic E-state index is 14.7. The van der Waals surface area contributed by atoms with Gasteiger partial charge in [0, 0.05) is 41.7 Å². The summed E-state index contributed by atoms with van der Waals surface area (Å²) in [6, 6.07) is 18.7. The van der Waals surface area contributed by atoms with Crippen LogP contribution in [0.1, 0.15) is 47.3 Å². The highest BCUT2D eigenvalue weighted by atomic mass is 35.5. The summed E-state index contributed by atoms with van der Waals surface area (Å²) in [6.45, 7) is 1.67. The number of fused-ring (bicyclic) bond motifs is 1. The molecule has 0 spiro atoms. The smallest absolute Gasteiger partial charge is 0.325 e. The zero-order chi connectivity index (χ0) is 31.1. The maximum Gasteiger partial charge on any atom is 0.325 e. The molecule has 1 aliphatic rings. The number of carbonyl (C=O) groups is 1. The van der Waals surface area contributed by atoms with Crippen molar-refractivity contribution >= 4 is 17.6 Å². The molecule has 2 N–H and O–H groups in total. The van der Waals surface area contributed by atoms with E-state index in [1.54, 1.807) is 43.5 Å². The van der Waals surface area contributed by atoms with Crippen LogP contribution in [0, 0.1) is 17.1 Å². The minimum atomic E-state index is -0.937. The Labute approximate surface area is 260 Å². The van der Waals surface area contributed by atoms with Crippen LogP contribution in [0.4, 0.5) is 4.39 Å². The maximum atomic E-state index is 14.7. The summed E-state index contributed by atoms with van der Waals surface area (Å²) >= 11 is 6.73.